The molecule has 3 N–H and O–H groups in total. The molecule has 1 aromatic carbocycles. The van der Waals surface area contributed by atoms with Gasteiger partial charge >= 0.3 is 6.18 Å². The van der Waals surface area contributed by atoms with Gasteiger partial charge in [-0.1, -0.05) is 12.1 Å². The van der Waals surface area contributed by atoms with Crippen LogP contribution in [0.2, 0.25) is 0 Å². The van der Waals surface area contributed by atoms with E-state index in [4.69, 9.17) is 5.73 Å². The minimum atomic E-state index is -4.79. The first-order chi connectivity index (χ1) is 7.64. The predicted molar refractivity (Wildman–Crippen MR) is 58.5 cm³/mol. The third-order valence-corrected chi connectivity index (χ3v) is 2.34. The van der Waals surface area contributed by atoms with Crippen molar-refractivity contribution in [1.82, 2.24) is 0 Å². The molecule has 0 fully saturated rings. The number of anilines is 1. The number of hydrogen-bond donors (Lipinski definition) is 2. The number of hydrogen-bond acceptors (Lipinski definition) is 2. The maximum atomic E-state index is 12.5. The molecule has 17 heavy (non-hydrogen) atoms. The highest BCUT2D eigenvalue weighted by Gasteiger charge is 2.53. The molecular formula is C11H13F3N2O. The second-order valence-corrected chi connectivity index (χ2v) is 4.02. The van der Waals surface area contributed by atoms with Gasteiger partial charge in [0.15, 0.2) is 5.54 Å². The van der Waals surface area contributed by atoms with Gasteiger partial charge in [0.2, 0.25) is 0 Å². The lowest BCUT2D eigenvalue weighted by Crippen LogP contribution is -2.59. The number of nitrogens with one attached hydrogen (secondary N) is 1. The van der Waals surface area contributed by atoms with E-state index in [-0.39, 0.29) is 5.69 Å². The number of rotatable bonds is 2. The summed E-state index contributed by atoms with van der Waals surface area (Å²) in [6, 6.07) is 6.45. The molecule has 0 radical (unpaired) electrons. The summed E-state index contributed by atoms with van der Waals surface area (Å²) in [5.41, 5.74) is 3.20. The minimum absolute atomic E-state index is 0.288. The molecule has 0 saturated heterocycles. The Bertz CT molecular complexity index is 427. The average Bonchev–Trinajstić information content (AvgIpc) is 2.15. The van der Waals surface area contributed by atoms with Crippen molar-refractivity contribution in [2.75, 3.05) is 5.32 Å². The number of benzene rings is 1. The molecule has 0 saturated carbocycles. The van der Waals surface area contributed by atoms with E-state index >= 15 is 0 Å². The van der Waals surface area contributed by atoms with Crippen molar-refractivity contribution < 1.29 is 18.0 Å². The van der Waals surface area contributed by atoms with Crippen LogP contribution in [0.25, 0.3) is 0 Å². The number of carbonyl (C=O) groups excluding carboxylic acids is 1. The Morgan fingerprint density at radius 3 is 2.41 bits per heavy atom. The van der Waals surface area contributed by atoms with Gasteiger partial charge in [-0.2, -0.15) is 13.2 Å². The Kier molecular flexibility index (Phi) is 3.47. The Labute approximate surface area is 96.8 Å². The van der Waals surface area contributed by atoms with Crippen LogP contribution in [0, 0.1) is 6.92 Å². The normalized spacial score (nSPS) is 15.2. The van der Waals surface area contributed by atoms with Crippen molar-refractivity contribution in [3.63, 3.8) is 0 Å². The summed E-state index contributed by atoms with van der Waals surface area (Å²) in [5.74, 6) is -1.28. The summed E-state index contributed by atoms with van der Waals surface area (Å²) < 4.78 is 37.4. The zero-order valence-electron chi connectivity index (χ0n) is 9.43. The second-order valence-electron chi connectivity index (χ2n) is 4.02. The van der Waals surface area contributed by atoms with Gasteiger partial charge in [0.1, 0.15) is 0 Å². The number of aryl methyl sites for hydroxylation is 1. The lowest BCUT2D eigenvalue weighted by atomic mass is 10.0. The molecule has 1 aromatic rings. The molecule has 0 aromatic heterocycles. The molecule has 0 spiro atoms. The van der Waals surface area contributed by atoms with Gasteiger partial charge in [-0.25, -0.2) is 0 Å². The number of amides is 1. The van der Waals surface area contributed by atoms with E-state index in [1.165, 1.54) is 6.07 Å². The van der Waals surface area contributed by atoms with Gasteiger partial charge < -0.3 is 11.1 Å². The molecule has 0 aliphatic carbocycles. The number of carbonyl (C=O) groups is 1. The lowest BCUT2D eigenvalue weighted by Gasteiger charge is -2.26. The van der Waals surface area contributed by atoms with E-state index in [0.717, 1.165) is 5.56 Å². The van der Waals surface area contributed by atoms with E-state index in [9.17, 15) is 18.0 Å². The van der Waals surface area contributed by atoms with Gasteiger partial charge in [-0.05, 0) is 31.5 Å². The number of alkyl halides is 3. The van der Waals surface area contributed by atoms with Crippen molar-refractivity contribution in [3.05, 3.63) is 29.8 Å². The third kappa shape index (κ3) is 2.97. The van der Waals surface area contributed by atoms with Crippen LogP contribution >= 0.6 is 0 Å². The third-order valence-electron chi connectivity index (χ3n) is 2.34. The van der Waals surface area contributed by atoms with Crippen molar-refractivity contribution in [3.8, 4) is 0 Å². The van der Waals surface area contributed by atoms with Crippen molar-refractivity contribution in [2.45, 2.75) is 25.6 Å². The first kappa shape index (κ1) is 13.5. The van der Waals surface area contributed by atoms with E-state index in [2.05, 4.69) is 5.32 Å². The largest absolute Gasteiger partial charge is 0.415 e. The van der Waals surface area contributed by atoms with Gasteiger partial charge in [0.05, 0.1) is 0 Å². The molecule has 0 aliphatic rings. The maximum Gasteiger partial charge on any atom is 0.415 e. The van der Waals surface area contributed by atoms with Crippen LogP contribution in [-0.2, 0) is 4.79 Å². The highest BCUT2D eigenvalue weighted by atomic mass is 19.4. The standard InChI is InChI=1S/C11H13F3N2O/c1-7-4-3-5-8(6-7)16-9(17)10(2,15)11(12,13)14/h3-6H,15H2,1-2H3,(H,16,17)/t10-/m1/s1. The predicted octanol–water partition coefficient (Wildman–Crippen LogP) is 2.21. The summed E-state index contributed by atoms with van der Waals surface area (Å²) in [5, 5.41) is 2.15. The summed E-state index contributed by atoms with van der Waals surface area (Å²) in [7, 11) is 0. The molecule has 0 heterocycles. The molecule has 0 unspecified atom stereocenters. The van der Waals surface area contributed by atoms with Crippen molar-refractivity contribution >= 4 is 11.6 Å². The Hall–Kier alpha value is -1.56. The van der Waals surface area contributed by atoms with Gasteiger partial charge in [0.25, 0.3) is 5.91 Å². The summed E-state index contributed by atoms with van der Waals surface area (Å²) in [6.07, 6.45) is -4.79. The van der Waals surface area contributed by atoms with E-state index in [1.54, 1.807) is 25.1 Å². The highest BCUT2D eigenvalue weighted by molar-refractivity contribution is 5.98. The van der Waals surface area contributed by atoms with Crippen LogP contribution in [0.3, 0.4) is 0 Å². The minimum Gasteiger partial charge on any atom is -0.324 e. The van der Waals surface area contributed by atoms with E-state index in [1.807, 2.05) is 0 Å². The van der Waals surface area contributed by atoms with Crippen LogP contribution in [0.5, 0.6) is 0 Å². The molecule has 94 valence electrons. The molecule has 0 aliphatic heterocycles. The number of nitrogens with two attached hydrogens (primary N) is 1. The van der Waals surface area contributed by atoms with Crippen LogP contribution in [-0.4, -0.2) is 17.6 Å². The average molecular weight is 246 g/mol. The fourth-order valence-electron chi connectivity index (χ4n) is 1.11. The fourth-order valence-corrected chi connectivity index (χ4v) is 1.11. The summed E-state index contributed by atoms with van der Waals surface area (Å²) in [6.45, 7) is 2.40. The smallest absolute Gasteiger partial charge is 0.324 e. The summed E-state index contributed by atoms with van der Waals surface area (Å²) in [4.78, 5) is 11.4. The van der Waals surface area contributed by atoms with E-state index in [0.29, 0.717) is 6.92 Å². The van der Waals surface area contributed by atoms with Crippen molar-refractivity contribution in [2.24, 2.45) is 5.73 Å². The molecular weight excluding hydrogens is 233 g/mol. The quantitative estimate of drug-likeness (QED) is 0.840. The van der Waals surface area contributed by atoms with Crippen LogP contribution in [0.15, 0.2) is 24.3 Å². The number of halogens is 3. The van der Waals surface area contributed by atoms with Gasteiger partial charge in [-0.15, -0.1) is 0 Å². The van der Waals surface area contributed by atoms with Gasteiger partial charge in [0, 0.05) is 5.69 Å². The Morgan fingerprint density at radius 1 is 1.35 bits per heavy atom. The molecule has 1 atom stereocenters. The molecule has 0 bridgehead atoms. The van der Waals surface area contributed by atoms with Gasteiger partial charge in [-0.3, -0.25) is 4.79 Å². The first-order valence-corrected chi connectivity index (χ1v) is 4.88. The Balaban J connectivity index is 2.87. The SMILES string of the molecule is Cc1cccc(NC(=O)[C@@](C)(N)C(F)(F)F)c1. The molecule has 3 nitrogen and oxygen atoms in total. The van der Waals surface area contributed by atoms with E-state index < -0.39 is 17.6 Å². The Morgan fingerprint density at radius 2 is 1.94 bits per heavy atom. The second kappa shape index (κ2) is 4.37. The zero-order valence-corrected chi connectivity index (χ0v) is 9.43. The molecule has 1 rings (SSSR count). The van der Waals surface area contributed by atoms with Crippen LogP contribution in [0.4, 0.5) is 18.9 Å². The summed E-state index contributed by atoms with van der Waals surface area (Å²) >= 11 is 0. The lowest BCUT2D eigenvalue weighted by molar-refractivity contribution is -0.184. The van der Waals surface area contributed by atoms with Crippen molar-refractivity contribution in [1.29, 1.82) is 0 Å². The fraction of sp³-hybridized carbons (Fsp3) is 0.364. The first-order valence-electron chi connectivity index (χ1n) is 4.88. The monoisotopic (exact) mass is 246 g/mol. The highest BCUT2D eigenvalue weighted by Crippen LogP contribution is 2.29. The maximum absolute atomic E-state index is 12.5. The molecule has 1 amide bonds. The van der Waals surface area contributed by atoms with Crippen LogP contribution in [0.1, 0.15) is 12.5 Å². The molecule has 6 heteroatoms. The van der Waals surface area contributed by atoms with Crippen LogP contribution < -0.4 is 11.1 Å². The zero-order chi connectivity index (χ0) is 13.3. The topological polar surface area (TPSA) is 55.1 Å².